The first kappa shape index (κ1) is 16.4. The molecule has 1 N–H and O–H groups in total. The van der Waals surface area contributed by atoms with Gasteiger partial charge in [-0.05, 0) is 20.3 Å². The van der Waals surface area contributed by atoms with Crippen LogP contribution in [0.5, 0.6) is 0 Å². The number of ether oxygens (including phenoxy) is 1. The maximum Gasteiger partial charge on any atom is 0.309 e. The zero-order valence-corrected chi connectivity index (χ0v) is 12.1. The Hall–Kier alpha value is -0.570. The van der Waals surface area contributed by atoms with Gasteiger partial charge in [0.05, 0.1) is 13.0 Å². The lowest BCUT2D eigenvalue weighted by atomic mass is 10.0. The lowest BCUT2D eigenvalue weighted by Gasteiger charge is -2.23. The van der Waals surface area contributed by atoms with E-state index in [0.717, 1.165) is 0 Å². The maximum atomic E-state index is 11.4. The minimum Gasteiger partial charge on any atom is -0.469 e. The second kappa shape index (κ2) is 9.46. The molecule has 3 nitrogen and oxygen atoms in total. The number of methoxy groups -OCH3 is 1. The Morgan fingerprint density at radius 3 is 2.35 bits per heavy atom. The smallest absolute Gasteiger partial charge is 0.309 e. The third-order valence-electron chi connectivity index (χ3n) is 3.36. The summed E-state index contributed by atoms with van der Waals surface area (Å²) in [5.41, 5.74) is 0. The summed E-state index contributed by atoms with van der Waals surface area (Å²) >= 11 is 0. The molecular weight excluding hydrogens is 214 g/mol. The van der Waals surface area contributed by atoms with Gasteiger partial charge in [0.25, 0.3) is 0 Å². The lowest BCUT2D eigenvalue weighted by Crippen LogP contribution is -2.41. The van der Waals surface area contributed by atoms with Crippen LogP contribution < -0.4 is 5.32 Å². The molecule has 0 saturated heterocycles. The van der Waals surface area contributed by atoms with Crippen LogP contribution in [0.2, 0.25) is 0 Å². The summed E-state index contributed by atoms with van der Waals surface area (Å²) in [6.07, 6.45) is 6.35. The van der Waals surface area contributed by atoms with Gasteiger partial charge in [-0.1, -0.05) is 39.5 Å². The van der Waals surface area contributed by atoms with E-state index in [2.05, 4.69) is 19.2 Å². The summed E-state index contributed by atoms with van der Waals surface area (Å²) < 4.78 is 4.75. The molecule has 0 aliphatic heterocycles. The Kier molecular flexibility index (Phi) is 9.14. The highest BCUT2D eigenvalue weighted by Gasteiger charge is 2.21. The van der Waals surface area contributed by atoms with E-state index in [-0.39, 0.29) is 17.9 Å². The molecule has 102 valence electrons. The highest BCUT2D eigenvalue weighted by Crippen LogP contribution is 2.09. The molecule has 0 aliphatic rings. The van der Waals surface area contributed by atoms with Gasteiger partial charge in [0.2, 0.25) is 0 Å². The SMILES string of the molecule is CCCCCCC(C)NC(C)C(C)C(=O)OC. The highest BCUT2D eigenvalue weighted by atomic mass is 16.5. The average molecular weight is 243 g/mol. The van der Waals surface area contributed by atoms with Crippen molar-refractivity contribution in [2.45, 2.75) is 71.9 Å². The molecule has 17 heavy (non-hydrogen) atoms. The molecule has 0 aromatic heterocycles. The predicted molar refractivity (Wildman–Crippen MR) is 72.0 cm³/mol. The molecule has 0 aromatic carbocycles. The summed E-state index contributed by atoms with van der Waals surface area (Å²) in [6.45, 7) is 8.37. The van der Waals surface area contributed by atoms with Gasteiger partial charge in [0.15, 0.2) is 0 Å². The molecule has 0 heterocycles. The van der Waals surface area contributed by atoms with Crippen LogP contribution in [0.25, 0.3) is 0 Å². The Labute approximate surface area is 106 Å². The largest absolute Gasteiger partial charge is 0.469 e. The number of rotatable bonds is 9. The number of nitrogens with one attached hydrogen (secondary N) is 1. The predicted octanol–water partition coefficient (Wildman–Crippen LogP) is 3.13. The Bertz CT molecular complexity index is 206. The quantitative estimate of drug-likeness (QED) is 0.499. The minimum absolute atomic E-state index is 0.0851. The van der Waals surface area contributed by atoms with Gasteiger partial charge in [-0.25, -0.2) is 0 Å². The third-order valence-corrected chi connectivity index (χ3v) is 3.36. The topological polar surface area (TPSA) is 38.3 Å². The van der Waals surface area contributed by atoms with Crippen LogP contribution in [0.3, 0.4) is 0 Å². The van der Waals surface area contributed by atoms with Gasteiger partial charge in [0.1, 0.15) is 0 Å². The second-order valence-corrected chi connectivity index (χ2v) is 5.02. The Balaban J connectivity index is 3.78. The lowest BCUT2D eigenvalue weighted by molar-refractivity contribution is -0.145. The van der Waals surface area contributed by atoms with Gasteiger partial charge in [-0.2, -0.15) is 0 Å². The normalized spacial score (nSPS) is 16.3. The van der Waals surface area contributed by atoms with Gasteiger partial charge >= 0.3 is 5.97 Å². The van der Waals surface area contributed by atoms with E-state index in [1.807, 2.05) is 13.8 Å². The standard InChI is InChI=1S/C14H29NO2/c1-6-7-8-9-10-11(2)15-13(4)12(3)14(16)17-5/h11-13,15H,6-10H2,1-5H3. The number of carbonyl (C=O) groups excluding carboxylic acids is 1. The average Bonchev–Trinajstić information content (AvgIpc) is 2.32. The first-order chi connectivity index (χ1) is 8.02. The van der Waals surface area contributed by atoms with Crippen LogP contribution in [0.4, 0.5) is 0 Å². The fourth-order valence-corrected chi connectivity index (χ4v) is 1.94. The Morgan fingerprint density at radius 2 is 1.82 bits per heavy atom. The number of unbranched alkanes of at least 4 members (excludes halogenated alkanes) is 3. The van der Waals surface area contributed by atoms with Gasteiger partial charge in [0, 0.05) is 12.1 Å². The van der Waals surface area contributed by atoms with Crippen molar-refractivity contribution in [3.05, 3.63) is 0 Å². The van der Waals surface area contributed by atoms with E-state index < -0.39 is 0 Å². The Morgan fingerprint density at radius 1 is 1.18 bits per heavy atom. The minimum atomic E-state index is -0.136. The molecule has 0 fully saturated rings. The molecular formula is C14H29NO2. The van der Waals surface area contributed by atoms with Crippen molar-refractivity contribution in [2.24, 2.45) is 5.92 Å². The highest BCUT2D eigenvalue weighted by molar-refractivity contribution is 5.72. The van der Waals surface area contributed by atoms with Crippen molar-refractivity contribution < 1.29 is 9.53 Å². The summed E-state index contributed by atoms with van der Waals surface area (Å²) in [4.78, 5) is 11.4. The second-order valence-electron chi connectivity index (χ2n) is 5.02. The van der Waals surface area contributed by atoms with Gasteiger partial charge in [-0.15, -0.1) is 0 Å². The number of hydrogen-bond acceptors (Lipinski definition) is 3. The molecule has 0 amide bonds. The summed E-state index contributed by atoms with van der Waals surface area (Å²) in [5, 5.41) is 3.47. The van der Waals surface area contributed by atoms with Crippen molar-refractivity contribution in [1.82, 2.24) is 5.32 Å². The van der Waals surface area contributed by atoms with Crippen molar-refractivity contribution in [1.29, 1.82) is 0 Å². The fraction of sp³-hybridized carbons (Fsp3) is 0.929. The number of esters is 1. The van der Waals surface area contributed by atoms with Crippen LogP contribution in [-0.2, 0) is 9.53 Å². The van der Waals surface area contributed by atoms with Crippen molar-refractivity contribution in [2.75, 3.05) is 7.11 Å². The number of carbonyl (C=O) groups is 1. The van der Waals surface area contributed by atoms with Crippen LogP contribution in [0.15, 0.2) is 0 Å². The van der Waals surface area contributed by atoms with Crippen LogP contribution in [0.1, 0.15) is 59.8 Å². The summed E-state index contributed by atoms with van der Waals surface area (Å²) in [6, 6.07) is 0.637. The monoisotopic (exact) mass is 243 g/mol. The molecule has 3 heteroatoms. The van der Waals surface area contributed by atoms with E-state index in [1.54, 1.807) is 0 Å². The first-order valence-corrected chi connectivity index (χ1v) is 6.86. The molecule has 0 aliphatic carbocycles. The van der Waals surface area contributed by atoms with Crippen LogP contribution >= 0.6 is 0 Å². The first-order valence-electron chi connectivity index (χ1n) is 6.86. The maximum absolute atomic E-state index is 11.4. The van der Waals surface area contributed by atoms with E-state index >= 15 is 0 Å². The molecule has 0 radical (unpaired) electrons. The zero-order valence-electron chi connectivity index (χ0n) is 12.1. The van der Waals surface area contributed by atoms with Gasteiger partial charge in [-0.3, -0.25) is 4.79 Å². The van der Waals surface area contributed by atoms with Gasteiger partial charge < -0.3 is 10.1 Å². The molecule has 0 bridgehead atoms. The molecule has 0 saturated carbocycles. The molecule has 3 unspecified atom stereocenters. The zero-order chi connectivity index (χ0) is 13.3. The molecule has 0 spiro atoms. The van der Waals surface area contributed by atoms with Crippen LogP contribution in [0, 0.1) is 5.92 Å². The number of hydrogen-bond donors (Lipinski definition) is 1. The molecule has 3 atom stereocenters. The summed E-state index contributed by atoms with van der Waals surface area (Å²) in [7, 11) is 1.44. The summed E-state index contributed by atoms with van der Waals surface area (Å²) in [5.74, 6) is -0.221. The van der Waals surface area contributed by atoms with Crippen LogP contribution in [-0.4, -0.2) is 25.2 Å². The van der Waals surface area contributed by atoms with E-state index in [9.17, 15) is 4.79 Å². The van der Waals surface area contributed by atoms with E-state index in [0.29, 0.717) is 6.04 Å². The molecule has 0 aromatic rings. The van der Waals surface area contributed by atoms with E-state index in [4.69, 9.17) is 4.74 Å². The van der Waals surface area contributed by atoms with E-state index in [1.165, 1.54) is 39.2 Å². The third kappa shape index (κ3) is 7.37. The fourth-order valence-electron chi connectivity index (χ4n) is 1.94. The van der Waals surface area contributed by atoms with Crippen molar-refractivity contribution >= 4 is 5.97 Å². The van der Waals surface area contributed by atoms with Crippen molar-refractivity contribution in [3.63, 3.8) is 0 Å². The van der Waals surface area contributed by atoms with Crippen molar-refractivity contribution in [3.8, 4) is 0 Å². The molecule has 0 rings (SSSR count).